The second-order valence-corrected chi connectivity index (χ2v) is 6.30. The minimum atomic E-state index is -0.0856. The smallest absolute Gasteiger partial charge is 0.261 e. The van der Waals surface area contributed by atoms with Gasteiger partial charge in [-0.25, -0.2) is 0 Å². The molecule has 104 valence electrons. The predicted molar refractivity (Wildman–Crippen MR) is 83.4 cm³/mol. The molecule has 0 fully saturated rings. The quantitative estimate of drug-likeness (QED) is 0.902. The molecule has 0 saturated heterocycles. The van der Waals surface area contributed by atoms with E-state index in [4.69, 9.17) is 5.73 Å². The average Bonchev–Trinajstić information content (AvgIpc) is 2.70. The molecule has 2 N–H and O–H groups in total. The van der Waals surface area contributed by atoms with Gasteiger partial charge in [-0.15, -0.1) is 0 Å². The highest BCUT2D eigenvalue weighted by Crippen LogP contribution is 2.25. The maximum atomic E-state index is 10.9. The zero-order valence-corrected chi connectivity index (χ0v) is 12.8. The van der Waals surface area contributed by atoms with Crippen molar-refractivity contribution in [3.8, 4) is 0 Å². The molecule has 0 bridgehead atoms. The maximum absolute atomic E-state index is 10.9. The van der Waals surface area contributed by atoms with Gasteiger partial charge in [0.2, 0.25) is 0 Å². The van der Waals surface area contributed by atoms with Crippen molar-refractivity contribution < 1.29 is 4.79 Å². The number of nitrogens with zero attached hydrogens (tertiary/aromatic N) is 1. The highest BCUT2D eigenvalue weighted by atomic mass is 32.2. The molecule has 0 aliphatic carbocycles. The summed E-state index contributed by atoms with van der Waals surface area (Å²) in [7, 11) is 0. The van der Waals surface area contributed by atoms with E-state index in [9.17, 15) is 4.79 Å². The molecule has 1 heterocycles. The van der Waals surface area contributed by atoms with E-state index in [1.54, 1.807) is 0 Å². The molecule has 4 heteroatoms. The van der Waals surface area contributed by atoms with Crippen LogP contribution in [0.1, 0.15) is 39.2 Å². The van der Waals surface area contributed by atoms with Gasteiger partial charge < -0.3 is 5.73 Å². The molecule has 1 amide bonds. The first-order chi connectivity index (χ1) is 8.91. The van der Waals surface area contributed by atoms with Crippen LogP contribution < -0.4 is 5.73 Å². The van der Waals surface area contributed by atoms with E-state index in [1.165, 1.54) is 17.3 Å². The monoisotopic (exact) mass is 278 g/mol. The lowest BCUT2D eigenvalue weighted by atomic mass is 10.0. The fourth-order valence-electron chi connectivity index (χ4n) is 1.64. The second kappa shape index (κ2) is 7.34. The number of benzene rings is 1. The van der Waals surface area contributed by atoms with Crippen molar-refractivity contribution in [1.82, 2.24) is 0 Å². The molecule has 0 saturated carbocycles. The van der Waals surface area contributed by atoms with Crippen molar-refractivity contribution in [3.05, 3.63) is 35.9 Å². The molecule has 1 aliphatic rings. The first-order valence-electron chi connectivity index (χ1n) is 6.51. The lowest BCUT2D eigenvalue weighted by molar-refractivity contribution is -0.117. The molecule has 0 radical (unpaired) electrons. The molecule has 0 unspecified atom stereocenters. The van der Waals surface area contributed by atoms with Crippen molar-refractivity contribution in [2.24, 2.45) is 16.6 Å². The second-order valence-electron chi connectivity index (χ2n) is 5.14. The van der Waals surface area contributed by atoms with Gasteiger partial charge in [0.05, 0.1) is 5.25 Å². The van der Waals surface area contributed by atoms with Crippen LogP contribution in [0.2, 0.25) is 0 Å². The van der Waals surface area contributed by atoms with Gasteiger partial charge in [-0.05, 0) is 17.4 Å². The number of thioether (sulfide) groups is 1. The molecule has 19 heavy (non-hydrogen) atoms. The summed E-state index contributed by atoms with van der Waals surface area (Å²) >= 11 is 1.36. The molecular weight excluding hydrogens is 256 g/mol. The highest BCUT2D eigenvalue weighted by molar-refractivity contribution is 8.15. The summed E-state index contributed by atoms with van der Waals surface area (Å²) in [5.74, 6) is 0.894. The number of hydrogen-bond donors (Lipinski definition) is 1. The van der Waals surface area contributed by atoms with E-state index in [2.05, 4.69) is 43.1 Å². The molecule has 1 aliphatic heterocycles. The molecule has 1 atom stereocenters. The number of hydrogen-bond acceptors (Lipinski definition) is 3. The first kappa shape index (κ1) is 15.8. The fraction of sp³-hybridized carbons (Fsp3) is 0.467. The number of aliphatic imine (C=N–C) groups is 1. The van der Waals surface area contributed by atoms with Gasteiger partial charge in [-0.3, -0.25) is 4.79 Å². The lowest BCUT2D eigenvalue weighted by Gasteiger charge is -2.08. The number of amides is 1. The summed E-state index contributed by atoms with van der Waals surface area (Å²) in [6.07, 6.45) is 0. The van der Waals surface area contributed by atoms with Gasteiger partial charge in [0.25, 0.3) is 5.91 Å². The summed E-state index contributed by atoms with van der Waals surface area (Å²) in [4.78, 5) is 14.5. The van der Waals surface area contributed by atoms with Gasteiger partial charge >= 0.3 is 0 Å². The van der Waals surface area contributed by atoms with Crippen molar-refractivity contribution in [2.75, 3.05) is 0 Å². The van der Waals surface area contributed by atoms with Crippen LogP contribution in [0.15, 0.2) is 35.3 Å². The van der Waals surface area contributed by atoms with Gasteiger partial charge in [0, 0.05) is 0 Å². The Morgan fingerprint density at radius 1 is 1.16 bits per heavy atom. The predicted octanol–water partition coefficient (Wildman–Crippen LogP) is 3.41. The Labute approximate surface area is 119 Å². The number of carbonyl (C=O) groups is 1. The minimum absolute atomic E-state index is 0.0417. The molecule has 2 rings (SSSR count). The normalized spacial score (nSPS) is 18.3. The van der Waals surface area contributed by atoms with Crippen molar-refractivity contribution in [1.29, 1.82) is 0 Å². The molecule has 3 nitrogen and oxygen atoms in total. The first-order valence-corrected chi connectivity index (χ1v) is 7.39. The fourth-order valence-corrected chi connectivity index (χ4v) is 2.47. The summed E-state index contributed by atoms with van der Waals surface area (Å²) in [5, 5.41) is 0.365. The van der Waals surface area contributed by atoms with Crippen LogP contribution in [0.5, 0.6) is 0 Å². The minimum Gasteiger partial charge on any atom is -0.378 e. The van der Waals surface area contributed by atoms with Crippen LogP contribution >= 0.6 is 11.8 Å². The Kier molecular flexibility index (Phi) is 6.09. The van der Waals surface area contributed by atoms with Gasteiger partial charge in [-0.2, -0.15) is 4.99 Å². The molecular formula is C15H22N2OS. The van der Waals surface area contributed by atoms with Crippen molar-refractivity contribution >= 4 is 22.8 Å². The van der Waals surface area contributed by atoms with Crippen LogP contribution in [-0.2, 0) is 4.79 Å². The van der Waals surface area contributed by atoms with Crippen LogP contribution in [0, 0.1) is 5.92 Å². The molecule has 0 aromatic heterocycles. The standard InChI is InChI=1S/C9H12.C6H10N2OS/c1-8(2)9-6-4-3-5-7-9;1-3(2)4-5(9)8-6(7)10-4/h3-8H,1-2H3;3-4H,1-2H3,(H2,7,8,9)/t;4-/m.0/s1. The van der Waals surface area contributed by atoms with E-state index in [0.717, 1.165) is 0 Å². The van der Waals surface area contributed by atoms with Crippen molar-refractivity contribution in [3.63, 3.8) is 0 Å². The van der Waals surface area contributed by atoms with Gasteiger partial charge in [0.15, 0.2) is 5.17 Å². The number of nitrogens with two attached hydrogens (primary N) is 1. The Bertz CT molecular complexity index is 441. The summed E-state index contributed by atoms with van der Waals surface area (Å²) < 4.78 is 0. The Balaban J connectivity index is 0.000000191. The Morgan fingerprint density at radius 3 is 2.00 bits per heavy atom. The largest absolute Gasteiger partial charge is 0.378 e. The van der Waals surface area contributed by atoms with Crippen molar-refractivity contribution in [2.45, 2.75) is 38.9 Å². The van der Waals surface area contributed by atoms with E-state index in [0.29, 0.717) is 17.0 Å². The third-order valence-electron chi connectivity index (χ3n) is 2.78. The summed E-state index contributed by atoms with van der Waals surface area (Å²) in [6.45, 7) is 8.39. The van der Waals surface area contributed by atoms with Crippen LogP contribution in [-0.4, -0.2) is 16.3 Å². The van der Waals surface area contributed by atoms with E-state index < -0.39 is 0 Å². The Morgan fingerprint density at radius 2 is 1.74 bits per heavy atom. The van der Waals surface area contributed by atoms with Crippen LogP contribution in [0.25, 0.3) is 0 Å². The molecule has 0 spiro atoms. The van der Waals surface area contributed by atoms with E-state index in [1.807, 2.05) is 19.9 Å². The van der Waals surface area contributed by atoms with Crippen LogP contribution in [0.4, 0.5) is 0 Å². The Hall–Kier alpha value is -1.29. The number of amidine groups is 1. The highest BCUT2D eigenvalue weighted by Gasteiger charge is 2.29. The SMILES string of the molecule is CC(C)[C@@H]1SC(N)=NC1=O.CC(C)c1ccccc1. The number of carbonyl (C=O) groups excluding carboxylic acids is 1. The van der Waals surface area contributed by atoms with Crippen LogP contribution in [0.3, 0.4) is 0 Å². The van der Waals surface area contributed by atoms with E-state index >= 15 is 0 Å². The van der Waals surface area contributed by atoms with Gasteiger partial charge in [-0.1, -0.05) is 69.8 Å². The maximum Gasteiger partial charge on any atom is 0.261 e. The zero-order chi connectivity index (χ0) is 14.4. The third kappa shape index (κ3) is 5.07. The molecule has 1 aromatic rings. The average molecular weight is 278 g/mol. The summed E-state index contributed by atoms with van der Waals surface area (Å²) in [6, 6.07) is 10.5. The third-order valence-corrected chi connectivity index (χ3v) is 4.12. The summed E-state index contributed by atoms with van der Waals surface area (Å²) in [5.41, 5.74) is 6.76. The molecule has 1 aromatic carbocycles. The van der Waals surface area contributed by atoms with E-state index in [-0.39, 0.29) is 11.2 Å². The topological polar surface area (TPSA) is 55.4 Å². The van der Waals surface area contributed by atoms with Gasteiger partial charge in [0.1, 0.15) is 0 Å². The zero-order valence-electron chi connectivity index (χ0n) is 12.0. The number of rotatable bonds is 2. The lowest BCUT2D eigenvalue weighted by Crippen LogP contribution is -2.17.